The molecule has 0 aliphatic heterocycles. The van der Waals surface area contributed by atoms with Gasteiger partial charge in [-0.2, -0.15) is 0 Å². The second-order valence-electron chi connectivity index (χ2n) is 4.61. The molecule has 1 spiro atoms. The van der Waals surface area contributed by atoms with Crippen molar-refractivity contribution in [2.75, 3.05) is 0 Å². The maximum atomic E-state index is 11.5. The maximum Gasteiger partial charge on any atom is 0.182 e. The summed E-state index contributed by atoms with van der Waals surface area (Å²) in [7, 11) is 0. The molecule has 0 N–H and O–H groups in total. The van der Waals surface area contributed by atoms with Gasteiger partial charge in [-0.3, -0.25) is 4.79 Å². The lowest BCUT2D eigenvalue weighted by atomic mass is 9.75. The van der Waals surface area contributed by atoms with Crippen LogP contribution in [0, 0.1) is 11.3 Å². The molecule has 0 bridgehead atoms. The van der Waals surface area contributed by atoms with E-state index in [2.05, 4.69) is 6.58 Å². The van der Waals surface area contributed by atoms with Crippen LogP contribution in [0.15, 0.2) is 23.8 Å². The van der Waals surface area contributed by atoms with Crippen molar-refractivity contribution in [1.82, 2.24) is 0 Å². The molecule has 2 saturated carbocycles. The molecule has 3 aliphatic rings. The first-order valence-corrected chi connectivity index (χ1v) is 5.20. The number of carbonyl (C=O) groups is 1. The molecule has 2 unspecified atom stereocenters. The highest BCUT2D eigenvalue weighted by Crippen LogP contribution is 2.63. The average Bonchev–Trinajstić information content (AvgIpc) is 2.69. The molecule has 3 aliphatic carbocycles. The van der Waals surface area contributed by atoms with Crippen molar-refractivity contribution in [3.63, 3.8) is 0 Å². The number of hydrogen-bond donors (Lipinski definition) is 0. The third-order valence-corrected chi connectivity index (χ3v) is 4.30. The lowest BCUT2D eigenvalue weighted by Crippen LogP contribution is -2.22. The fourth-order valence-corrected chi connectivity index (χ4v) is 3.70. The van der Waals surface area contributed by atoms with Crippen molar-refractivity contribution in [2.24, 2.45) is 11.3 Å². The number of ketones is 1. The zero-order chi connectivity index (χ0) is 9.05. The normalized spacial score (nSPS) is 42.2. The van der Waals surface area contributed by atoms with Crippen molar-refractivity contribution in [1.29, 1.82) is 0 Å². The maximum absolute atomic E-state index is 11.5. The summed E-state index contributed by atoms with van der Waals surface area (Å²) in [6, 6.07) is 0. The van der Waals surface area contributed by atoms with Gasteiger partial charge in [0.2, 0.25) is 0 Å². The van der Waals surface area contributed by atoms with E-state index in [1.54, 1.807) is 0 Å². The molecule has 2 fully saturated rings. The van der Waals surface area contributed by atoms with E-state index in [4.69, 9.17) is 0 Å². The second kappa shape index (κ2) is 2.14. The highest BCUT2D eigenvalue weighted by molar-refractivity contribution is 6.09. The van der Waals surface area contributed by atoms with Crippen LogP contribution in [0.1, 0.15) is 32.1 Å². The van der Waals surface area contributed by atoms with Crippen LogP contribution >= 0.6 is 0 Å². The molecule has 2 atom stereocenters. The van der Waals surface area contributed by atoms with E-state index < -0.39 is 0 Å². The number of carbonyl (C=O) groups excluding carboxylic acids is 1. The Labute approximate surface area is 78.5 Å². The topological polar surface area (TPSA) is 17.1 Å². The third kappa shape index (κ3) is 0.676. The van der Waals surface area contributed by atoms with Crippen LogP contribution in [-0.4, -0.2) is 5.78 Å². The molecular formula is C12H14O. The molecule has 0 aromatic carbocycles. The molecule has 1 nitrogen and oxygen atoms in total. The van der Waals surface area contributed by atoms with E-state index in [9.17, 15) is 4.79 Å². The van der Waals surface area contributed by atoms with Gasteiger partial charge >= 0.3 is 0 Å². The third-order valence-electron chi connectivity index (χ3n) is 4.30. The van der Waals surface area contributed by atoms with Crippen molar-refractivity contribution >= 4 is 5.78 Å². The minimum Gasteiger partial charge on any atom is -0.290 e. The quantitative estimate of drug-likeness (QED) is 0.516. The van der Waals surface area contributed by atoms with Crippen LogP contribution in [0.4, 0.5) is 0 Å². The highest BCUT2D eigenvalue weighted by Gasteiger charge is 2.55. The lowest BCUT2D eigenvalue weighted by molar-refractivity contribution is -0.111. The van der Waals surface area contributed by atoms with Gasteiger partial charge in [0.05, 0.1) is 0 Å². The predicted octanol–water partition coefficient (Wildman–Crippen LogP) is 2.63. The molecule has 0 aromatic heterocycles. The van der Waals surface area contributed by atoms with Gasteiger partial charge in [-0.05, 0) is 37.7 Å². The summed E-state index contributed by atoms with van der Waals surface area (Å²) in [5, 5.41) is 0. The molecule has 68 valence electrons. The van der Waals surface area contributed by atoms with Crippen molar-refractivity contribution in [3.8, 4) is 0 Å². The standard InChI is InChI=1S/C12H14O/c1-8-11(13)7-10-5-4-9-3-2-6-12(8,9)10/h7,9H,1-6H2. The monoisotopic (exact) mass is 174 g/mol. The molecule has 0 amide bonds. The highest BCUT2D eigenvalue weighted by atomic mass is 16.1. The summed E-state index contributed by atoms with van der Waals surface area (Å²) in [5.74, 6) is 0.958. The van der Waals surface area contributed by atoms with Gasteiger partial charge < -0.3 is 0 Å². The van der Waals surface area contributed by atoms with Crippen LogP contribution in [0.5, 0.6) is 0 Å². The number of rotatable bonds is 0. The summed E-state index contributed by atoms with van der Waals surface area (Å²) in [5.41, 5.74) is 2.48. The Kier molecular flexibility index (Phi) is 1.24. The van der Waals surface area contributed by atoms with Gasteiger partial charge in [0, 0.05) is 11.0 Å². The SMILES string of the molecule is C=C1C(=O)C=C2CCC3CCCC123. The Balaban J connectivity index is 2.17. The Bertz CT molecular complexity index is 337. The first-order chi connectivity index (χ1) is 6.25. The Morgan fingerprint density at radius 3 is 3.15 bits per heavy atom. The van der Waals surface area contributed by atoms with E-state index in [0.717, 1.165) is 17.9 Å². The second-order valence-corrected chi connectivity index (χ2v) is 4.61. The molecule has 0 saturated heterocycles. The first-order valence-electron chi connectivity index (χ1n) is 5.20. The summed E-state index contributed by atoms with van der Waals surface area (Å²) in [4.78, 5) is 11.5. The zero-order valence-corrected chi connectivity index (χ0v) is 7.81. The summed E-state index contributed by atoms with van der Waals surface area (Å²) < 4.78 is 0. The number of allylic oxidation sites excluding steroid dienone is 3. The van der Waals surface area contributed by atoms with Crippen molar-refractivity contribution in [3.05, 3.63) is 23.8 Å². The molecular weight excluding hydrogens is 160 g/mol. The largest absolute Gasteiger partial charge is 0.290 e. The Morgan fingerprint density at radius 2 is 2.31 bits per heavy atom. The van der Waals surface area contributed by atoms with E-state index in [1.165, 1.54) is 31.3 Å². The van der Waals surface area contributed by atoms with Crippen LogP contribution in [-0.2, 0) is 4.79 Å². The number of hydrogen-bond acceptors (Lipinski definition) is 1. The van der Waals surface area contributed by atoms with E-state index in [0.29, 0.717) is 0 Å². The molecule has 0 heterocycles. The smallest absolute Gasteiger partial charge is 0.182 e. The molecule has 13 heavy (non-hydrogen) atoms. The van der Waals surface area contributed by atoms with E-state index >= 15 is 0 Å². The molecule has 1 heteroatoms. The minimum atomic E-state index is 0.164. The van der Waals surface area contributed by atoms with Gasteiger partial charge in [0.25, 0.3) is 0 Å². The molecule has 0 radical (unpaired) electrons. The minimum absolute atomic E-state index is 0.164. The summed E-state index contributed by atoms with van der Waals surface area (Å²) in [6.07, 6.45) is 8.09. The van der Waals surface area contributed by atoms with Gasteiger partial charge in [-0.15, -0.1) is 0 Å². The summed E-state index contributed by atoms with van der Waals surface area (Å²) >= 11 is 0. The lowest BCUT2D eigenvalue weighted by Gasteiger charge is -2.27. The van der Waals surface area contributed by atoms with E-state index in [1.807, 2.05) is 6.08 Å². The molecule has 3 rings (SSSR count). The van der Waals surface area contributed by atoms with Crippen LogP contribution < -0.4 is 0 Å². The van der Waals surface area contributed by atoms with Gasteiger partial charge in [-0.25, -0.2) is 0 Å². The molecule has 0 aromatic rings. The zero-order valence-electron chi connectivity index (χ0n) is 7.81. The van der Waals surface area contributed by atoms with Crippen LogP contribution in [0.2, 0.25) is 0 Å². The Hall–Kier alpha value is -0.850. The fraction of sp³-hybridized carbons (Fsp3) is 0.583. The average molecular weight is 174 g/mol. The van der Waals surface area contributed by atoms with Crippen molar-refractivity contribution < 1.29 is 4.79 Å². The van der Waals surface area contributed by atoms with Crippen molar-refractivity contribution in [2.45, 2.75) is 32.1 Å². The first kappa shape index (κ1) is 7.54. The van der Waals surface area contributed by atoms with Crippen LogP contribution in [0.25, 0.3) is 0 Å². The van der Waals surface area contributed by atoms with Gasteiger partial charge in [0.15, 0.2) is 5.78 Å². The predicted molar refractivity (Wildman–Crippen MR) is 51.2 cm³/mol. The van der Waals surface area contributed by atoms with E-state index in [-0.39, 0.29) is 11.2 Å². The van der Waals surface area contributed by atoms with Crippen LogP contribution in [0.3, 0.4) is 0 Å². The Morgan fingerprint density at radius 1 is 1.46 bits per heavy atom. The van der Waals surface area contributed by atoms with Gasteiger partial charge in [-0.1, -0.05) is 18.6 Å². The summed E-state index contributed by atoms with van der Waals surface area (Å²) in [6.45, 7) is 4.01. The fourth-order valence-electron chi connectivity index (χ4n) is 3.70. The van der Waals surface area contributed by atoms with Gasteiger partial charge in [0.1, 0.15) is 0 Å².